The molecule has 1 aromatic carbocycles. The molecular formula is C18H25Cl2FN2O2. The lowest BCUT2D eigenvalue weighted by Gasteiger charge is -2.38. The smallest absolute Gasteiger partial charge is 0.252 e. The Morgan fingerprint density at radius 1 is 1.24 bits per heavy atom. The predicted octanol–water partition coefficient (Wildman–Crippen LogP) is 4.00. The van der Waals surface area contributed by atoms with Gasteiger partial charge in [0.25, 0.3) is 5.91 Å². The molecule has 0 aromatic heterocycles. The zero-order valence-electron chi connectivity index (χ0n) is 14.7. The van der Waals surface area contributed by atoms with Crippen molar-refractivity contribution in [2.45, 2.75) is 32.7 Å². The molecule has 1 aliphatic heterocycles. The molecule has 1 heterocycles. The van der Waals surface area contributed by atoms with Crippen LogP contribution in [0.2, 0.25) is 10.0 Å². The van der Waals surface area contributed by atoms with Crippen molar-refractivity contribution in [3.63, 3.8) is 0 Å². The standard InChI is InChI=1S/C18H25Cl2FN2O2/c1-3-12(4-2)17(23-5-7-25-8-6-23)11-22-18(24)13-9-16(21)15(20)10-14(13)19/h9-10,12,17H,3-8,11H2,1-2H3,(H,22,24). The summed E-state index contributed by atoms with van der Waals surface area (Å²) < 4.78 is 19.1. The van der Waals surface area contributed by atoms with E-state index in [0.29, 0.717) is 25.7 Å². The lowest BCUT2D eigenvalue weighted by molar-refractivity contribution is 0.00191. The highest BCUT2D eigenvalue weighted by atomic mass is 35.5. The van der Waals surface area contributed by atoms with Crippen LogP contribution in [0, 0.1) is 11.7 Å². The fourth-order valence-corrected chi connectivity index (χ4v) is 3.79. The molecule has 1 saturated heterocycles. The predicted molar refractivity (Wildman–Crippen MR) is 99.0 cm³/mol. The van der Waals surface area contributed by atoms with Crippen molar-refractivity contribution in [2.24, 2.45) is 5.92 Å². The highest BCUT2D eigenvalue weighted by molar-refractivity contribution is 6.36. The first-order valence-electron chi connectivity index (χ1n) is 8.72. The van der Waals surface area contributed by atoms with Crippen molar-refractivity contribution in [1.29, 1.82) is 0 Å². The second kappa shape index (κ2) is 9.72. The molecule has 0 aliphatic carbocycles. The molecule has 1 atom stereocenters. The molecule has 1 fully saturated rings. The van der Waals surface area contributed by atoms with Gasteiger partial charge < -0.3 is 10.1 Å². The number of carbonyl (C=O) groups excluding carboxylic acids is 1. The molecule has 2 rings (SSSR count). The number of rotatable bonds is 7. The van der Waals surface area contributed by atoms with Crippen molar-refractivity contribution >= 4 is 29.1 Å². The summed E-state index contributed by atoms with van der Waals surface area (Å²) in [6, 6.07) is 2.56. The highest BCUT2D eigenvalue weighted by Gasteiger charge is 2.27. The Morgan fingerprint density at radius 3 is 2.48 bits per heavy atom. The van der Waals surface area contributed by atoms with Gasteiger partial charge in [-0.05, 0) is 18.1 Å². The van der Waals surface area contributed by atoms with Crippen LogP contribution in [0.4, 0.5) is 4.39 Å². The van der Waals surface area contributed by atoms with Crippen LogP contribution in [-0.4, -0.2) is 49.7 Å². The highest BCUT2D eigenvalue weighted by Crippen LogP contribution is 2.25. The summed E-state index contributed by atoms with van der Waals surface area (Å²) in [7, 11) is 0. The molecule has 25 heavy (non-hydrogen) atoms. The maximum Gasteiger partial charge on any atom is 0.252 e. The van der Waals surface area contributed by atoms with Crippen molar-refractivity contribution in [1.82, 2.24) is 10.2 Å². The number of nitrogens with one attached hydrogen (secondary N) is 1. The van der Waals surface area contributed by atoms with Gasteiger partial charge in [-0.15, -0.1) is 0 Å². The van der Waals surface area contributed by atoms with Crippen molar-refractivity contribution < 1.29 is 13.9 Å². The number of halogens is 3. The third-order valence-electron chi connectivity index (χ3n) is 4.83. The summed E-state index contributed by atoms with van der Waals surface area (Å²) in [6.45, 7) is 7.94. The van der Waals surface area contributed by atoms with Crippen LogP contribution in [0.1, 0.15) is 37.0 Å². The molecule has 1 N–H and O–H groups in total. The Morgan fingerprint density at radius 2 is 1.88 bits per heavy atom. The number of morpholine rings is 1. The summed E-state index contributed by atoms with van der Waals surface area (Å²) in [5.41, 5.74) is 0.105. The van der Waals surface area contributed by atoms with Crippen LogP contribution in [0.25, 0.3) is 0 Å². The van der Waals surface area contributed by atoms with Gasteiger partial charge in [-0.3, -0.25) is 9.69 Å². The van der Waals surface area contributed by atoms with E-state index in [2.05, 4.69) is 24.1 Å². The van der Waals surface area contributed by atoms with E-state index in [1.807, 2.05) is 0 Å². The summed E-state index contributed by atoms with van der Waals surface area (Å²) in [5.74, 6) is -0.568. The summed E-state index contributed by atoms with van der Waals surface area (Å²) >= 11 is 11.7. The van der Waals surface area contributed by atoms with Gasteiger partial charge in [-0.2, -0.15) is 0 Å². The molecule has 4 nitrogen and oxygen atoms in total. The van der Waals surface area contributed by atoms with E-state index in [9.17, 15) is 9.18 Å². The maximum atomic E-state index is 13.7. The minimum atomic E-state index is -0.652. The van der Waals surface area contributed by atoms with Gasteiger partial charge in [0.1, 0.15) is 5.82 Å². The van der Waals surface area contributed by atoms with Gasteiger partial charge in [0, 0.05) is 25.7 Å². The van der Waals surface area contributed by atoms with E-state index in [-0.39, 0.29) is 27.6 Å². The largest absolute Gasteiger partial charge is 0.379 e. The fourth-order valence-electron chi connectivity index (χ4n) is 3.32. The van der Waals surface area contributed by atoms with Crippen molar-refractivity contribution in [3.8, 4) is 0 Å². The van der Waals surface area contributed by atoms with Crippen LogP contribution in [0.3, 0.4) is 0 Å². The number of amides is 1. The van der Waals surface area contributed by atoms with Gasteiger partial charge >= 0.3 is 0 Å². The Bertz CT molecular complexity index is 591. The summed E-state index contributed by atoms with van der Waals surface area (Å²) in [6.07, 6.45) is 2.06. The monoisotopic (exact) mass is 390 g/mol. The molecule has 0 spiro atoms. The number of nitrogens with zero attached hydrogens (tertiary/aromatic N) is 1. The van der Waals surface area contributed by atoms with Crippen LogP contribution in [0.15, 0.2) is 12.1 Å². The lowest BCUT2D eigenvalue weighted by Crippen LogP contribution is -2.52. The van der Waals surface area contributed by atoms with Crippen LogP contribution in [0.5, 0.6) is 0 Å². The van der Waals surface area contributed by atoms with Crippen LogP contribution >= 0.6 is 23.2 Å². The normalized spacial score (nSPS) is 16.9. The third-order valence-corrected chi connectivity index (χ3v) is 5.44. The molecule has 0 saturated carbocycles. The second-order valence-electron chi connectivity index (χ2n) is 6.25. The van der Waals surface area contributed by atoms with Crippen molar-refractivity contribution in [3.05, 3.63) is 33.6 Å². The fraction of sp³-hybridized carbons (Fsp3) is 0.611. The molecule has 7 heteroatoms. The van der Waals surface area contributed by atoms with Gasteiger partial charge in [0.2, 0.25) is 0 Å². The SMILES string of the molecule is CCC(CC)C(CNC(=O)c1cc(F)c(Cl)cc1Cl)N1CCOCC1. The zero-order chi connectivity index (χ0) is 18.4. The van der Waals surface area contributed by atoms with Gasteiger partial charge in [-0.1, -0.05) is 49.9 Å². The molecule has 0 radical (unpaired) electrons. The minimum Gasteiger partial charge on any atom is -0.379 e. The molecule has 1 unspecified atom stereocenters. The van der Waals surface area contributed by atoms with Gasteiger partial charge in [0.15, 0.2) is 0 Å². The van der Waals surface area contributed by atoms with Gasteiger partial charge in [-0.25, -0.2) is 4.39 Å². The van der Waals surface area contributed by atoms with E-state index in [1.165, 1.54) is 6.07 Å². The Kier molecular flexibility index (Phi) is 7.94. The first-order chi connectivity index (χ1) is 12.0. The number of ether oxygens (including phenoxy) is 1. The number of hydrogen-bond acceptors (Lipinski definition) is 3. The van der Waals surface area contributed by atoms with E-state index >= 15 is 0 Å². The summed E-state index contributed by atoms with van der Waals surface area (Å²) in [5, 5.41) is 2.97. The molecular weight excluding hydrogens is 366 g/mol. The van der Waals surface area contributed by atoms with Crippen LogP contribution < -0.4 is 5.32 Å². The van der Waals surface area contributed by atoms with Crippen LogP contribution in [-0.2, 0) is 4.74 Å². The molecule has 140 valence electrons. The molecule has 1 aromatic rings. The average molecular weight is 391 g/mol. The topological polar surface area (TPSA) is 41.6 Å². The third kappa shape index (κ3) is 5.30. The number of hydrogen-bond donors (Lipinski definition) is 1. The van der Waals surface area contributed by atoms with E-state index < -0.39 is 5.82 Å². The molecule has 0 bridgehead atoms. The van der Waals surface area contributed by atoms with Gasteiger partial charge in [0.05, 0.1) is 28.8 Å². The average Bonchev–Trinajstić information content (AvgIpc) is 2.62. The Labute approximate surface area is 158 Å². The Hall–Kier alpha value is -0.880. The number of carbonyl (C=O) groups is 1. The zero-order valence-corrected chi connectivity index (χ0v) is 16.2. The minimum absolute atomic E-state index is 0.0928. The first-order valence-corrected chi connectivity index (χ1v) is 9.48. The van der Waals surface area contributed by atoms with Crippen molar-refractivity contribution in [2.75, 3.05) is 32.8 Å². The van der Waals surface area contributed by atoms with E-state index in [4.69, 9.17) is 27.9 Å². The second-order valence-corrected chi connectivity index (χ2v) is 7.06. The molecule has 1 amide bonds. The molecule has 1 aliphatic rings. The first kappa shape index (κ1) is 20.4. The van der Waals surface area contributed by atoms with E-state index in [0.717, 1.165) is 32.0 Å². The van der Waals surface area contributed by atoms with E-state index in [1.54, 1.807) is 0 Å². The quantitative estimate of drug-likeness (QED) is 0.715. The summed E-state index contributed by atoms with van der Waals surface area (Å²) in [4.78, 5) is 14.8. The number of benzene rings is 1. The lowest BCUT2D eigenvalue weighted by atomic mass is 9.92. The Balaban J connectivity index is 2.08. The maximum absolute atomic E-state index is 13.7.